The van der Waals surface area contributed by atoms with E-state index in [-0.39, 0.29) is 35.5 Å². The van der Waals surface area contributed by atoms with Crippen LogP contribution in [-0.2, 0) is 12.6 Å². The summed E-state index contributed by atoms with van der Waals surface area (Å²) in [5, 5.41) is 19.3. The molecule has 1 aromatic heterocycles. The van der Waals surface area contributed by atoms with Gasteiger partial charge >= 0.3 is 6.18 Å². The highest BCUT2D eigenvalue weighted by molar-refractivity contribution is 5.90. The summed E-state index contributed by atoms with van der Waals surface area (Å²) in [5.41, 5.74) is 5.24. The highest BCUT2D eigenvalue weighted by atomic mass is 19.4. The zero-order valence-electron chi connectivity index (χ0n) is 17.9. The van der Waals surface area contributed by atoms with E-state index in [1.54, 1.807) is 30.3 Å². The number of rotatable bonds is 7. The minimum absolute atomic E-state index is 0.192. The van der Waals surface area contributed by atoms with Gasteiger partial charge in [-0.05, 0) is 73.0 Å². The van der Waals surface area contributed by atoms with Crippen LogP contribution in [0.2, 0.25) is 0 Å². The lowest BCUT2D eigenvalue weighted by Crippen LogP contribution is -2.47. The van der Waals surface area contributed by atoms with E-state index in [9.17, 15) is 28.2 Å². The smallest absolute Gasteiger partial charge is 0.416 e. The molecule has 0 amide bonds. The summed E-state index contributed by atoms with van der Waals surface area (Å²) in [6.07, 6.45) is -3.69. The third-order valence-electron chi connectivity index (χ3n) is 5.66. The Morgan fingerprint density at radius 2 is 1.44 bits per heavy atom. The molecule has 4 aromatic rings. The van der Waals surface area contributed by atoms with Gasteiger partial charge < -0.3 is 25.1 Å². The molecule has 9 heteroatoms. The number of benzene rings is 3. The molecule has 0 radical (unpaired) electrons. The molecule has 0 spiro atoms. The Kier molecular flexibility index (Phi) is 6.35. The van der Waals surface area contributed by atoms with Crippen LogP contribution < -0.4 is 15.9 Å². The van der Waals surface area contributed by atoms with Gasteiger partial charge in [-0.2, -0.15) is 13.2 Å². The molecular weight excluding hydrogens is 451 g/mol. The van der Waals surface area contributed by atoms with Gasteiger partial charge in [0.15, 0.2) is 0 Å². The van der Waals surface area contributed by atoms with Gasteiger partial charge in [0, 0.05) is 0 Å². The first-order chi connectivity index (χ1) is 16.1. The van der Waals surface area contributed by atoms with Crippen LogP contribution in [0.25, 0.3) is 21.9 Å². The minimum Gasteiger partial charge on any atom is -0.457 e. The van der Waals surface area contributed by atoms with E-state index >= 15 is 0 Å². The predicted molar refractivity (Wildman–Crippen MR) is 121 cm³/mol. The Balaban J connectivity index is 1.64. The summed E-state index contributed by atoms with van der Waals surface area (Å²) in [6.45, 7) is -0.739. The number of halogens is 3. The monoisotopic (exact) mass is 473 g/mol. The van der Waals surface area contributed by atoms with Crippen LogP contribution >= 0.6 is 0 Å². The molecule has 178 valence electrons. The van der Waals surface area contributed by atoms with Gasteiger partial charge in [0.05, 0.1) is 35.1 Å². The lowest BCUT2D eigenvalue weighted by molar-refractivity contribution is -0.137. The second-order valence-corrected chi connectivity index (χ2v) is 8.22. The first-order valence-electron chi connectivity index (χ1n) is 10.5. The second kappa shape index (κ2) is 9.09. The number of aryl methyl sites for hydroxylation is 1. The molecule has 0 saturated heterocycles. The van der Waals surface area contributed by atoms with E-state index in [1.165, 1.54) is 18.2 Å². The van der Waals surface area contributed by atoms with Gasteiger partial charge in [0.25, 0.3) is 0 Å². The number of ether oxygens (including phenoxy) is 1. The number of fused-ring (bicyclic) bond motifs is 2. The van der Waals surface area contributed by atoms with Gasteiger partial charge in [-0.3, -0.25) is 4.79 Å². The molecule has 4 rings (SSSR count). The van der Waals surface area contributed by atoms with Crippen LogP contribution in [0.3, 0.4) is 0 Å². The van der Waals surface area contributed by atoms with Crippen molar-refractivity contribution in [2.24, 2.45) is 5.73 Å². The molecular formula is C25H22F3NO5. The predicted octanol–water partition coefficient (Wildman–Crippen LogP) is 4.37. The maximum absolute atomic E-state index is 13.2. The van der Waals surface area contributed by atoms with E-state index in [1.807, 2.05) is 0 Å². The first kappa shape index (κ1) is 23.7. The molecule has 6 nitrogen and oxygen atoms in total. The molecule has 3 aromatic carbocycles. The van der Waals surface area contributed by atoms with Crippen molar-refractivity contribution >= 4 is 21.9 Å². The average Bonchev–Trinajstić information content (AvgIpc) is 2.83. The SMILES string of the molecule is NC(CO)(CO)CCc1ccc2oc3ccc(Oc4ccc(C(F)(F)F)cc4)cc3c(=O)c2c1. The van der Waals surface area contributed by atoms with Gasteiger partial charge in [0.2, 0.25) is 5.43 Å². The Labute approximate surface area is 192 Å². The summed E-state index contributed by atoms with van der Waals surface area (Å²) < 4.78 is 49.7. The molecule has 0 aliphatic heterocycles. The van der Waals surface area contributed by atoms with E-state index < -0.39 is 17.3 Å². The molecule has 4 N–H and O–H groups in total. The van der Waals surface area contributed by atoms with Crippen molar-refractivity contribution in [3.8, 4) is 11.5 Å². The fourth-order valence-corrected chi connectivity index (χ4v) is 3.55. The number of alkyl halides is 3. The topological polar surface area (TPSA) is 106 Å². The van der Waals surface area contributed by atoms with Crippen LogP contribution in [0.1, 0.15) is 17.5 Å². The van der Waals surface area contributed by atoms with Crippen LogP contribution in [0.15, 0.2) is 69.9 Å². The standard InChI is InChI=1S/C25H22F3NO5/c26-25(27,28)16-2-4-17(5-3-16)33-18-6-8-22-20(12-18)23(32)19-11-15(1-7-21(19)34-22)9-10-24(29,13-30)14-31/h1-8,11-12,30-31H,9-10,13-14,29H2. The normalized spacial score (nSPS) is 12.4. The number of nitrogens with two attached hydrogens (primary N) is 1. The molecule has 0 aliphatic rings. The molecule has 0 fully saturated rings. The van der Waals surface area contributed by atoms with Gasteiger partial charge in [0.1, 0.15) is 22.7 Å². The van der Waals surface area contributed by atoms with Gasteiger partial charge in [-0.25, -0.2) is 0 Å². The Hall–Kier alpha value is -3.40. The molecule has 1 heterocycles. The highest BCUT2D eigenvalue weighted by Gasteiger charge is 2.30. The first-order valence-corrected chi connectivity index (χ1v) is 10.5. The van der Waals surface area contributed by atoms with E-state index in [2.05, 4.69) is 0 Å². The quantitative estimate of drug-likeness (QED) is 0.344. The fraction of sp³-hybridized carbons (Fsp3) is 0.240. The van der Waals surface area contributed by atoms with Crippen molar-refractivity contribution in [1.29, 1.82) is 0 Å². The third-order valence-corrected chi connectivity index (χ3v) is 5.66. The van der Waals surface area contributed by atoms with E-state index in [4.69, 9.17) is 14.9 Å². The molecule has 0 aliphatic carbocycles. The van der Waals surface area contributed by atoms with Crippen molar-refractivity contribution in [2.75, 3.05) is 13.2 Å². The number of hydrogen-bond acceptors (Lipinski definition) is 6. The summed E-state index contributed by atoms with van der Waals surface area (Å²) in [6, 6.07) is 14.0. The fourth-order valence-electron chi connectivity index (χ4n) is 3.55. The van der Waals surface area contributed by atoms with Crippen molar-refractivity contribution in [3.63, 3.8) is 0 Å². The van der Waals surface area contributed by atoms with Gasteiger partial charge in [-0.15, -0.1) is 0 Å². The summed E-state index contributed by atoms with van der Waals surface area (Å²) in [4.78, 5) is 13.2. The zero-order chi connectivity index (χ0) is 24.5. The third kappa shape index (κ3) is 4.91. The van der Waals surface area contributed by atoms with Crippen LogP contribution in [0.4, 0.5) is 13.2 Å². The Bertz CT molecular complexity index is 1380. The lowest BCUT2D eigenvalue weighted by atomic mass is 9.93. The minimum atomic E-state index is -4.44. The largest absolute Gasteiger partial charge is 0.457 e. The van der Waals surface area contributed by atoms with Gasteiger partial charge in [-0.1, -0.05) is 6.07 Å². The number of hydrogen-bond donors (Lipinski definition) is 3. The maximum Gasteiger partial charge on any atom is 0.416 e. The van der Waals surface area contributed by atoms with Crippen molar-refractivity contribution in [2.45, 2.75) is 24.6 Å². The number of aliphatic hydroxyl groups excluding tert-OH is 2. The second-order valence-electron chi connectivity index (χ2n) is 8.22. The number of aliphatic hydroxyl groups is 2. The Morgan fingerprint density at radius 3 is 2.06 bits per heavy atom. The average molecular weight is 473 g/mol. The maximum atomic E-state index is 13.2. The Morgan fingerprint density at radius 1 is 0.853 bits per heavy atom. The van der Waals surface area contributed by atoms with E-state index in [0.717, 1.165) is 17.7 Å². The van der Waals surface area contributed by atoms with Crippen molar-refractivity contribution < 1.29 is 32.5 Å². The van der Waals surface area contributed by atoms with Crippen LogP contribution in [-0.4, -0.2) is 29.0 Å². The lowest BCUT2D eigenvalue weighted by Gasteiger charge is -2.24. The van der Waals surface area contributed by atoms with Crippen molar-refractivity contribution in [3.05, 3.63) is 82.0 Å². The van der Waals surface area contributed by atoms with Crippen molar-refractivity contribution in [1.82, 2.24) is 0 Å². The van der Waals surface area contributed by atoms with Crippen LogP contribution in [0, 0.1) is 0 Å². The summed E-state index contributed by atoms with van der Waals surface area (Å²) in [7, 11) is 0. The molecule has 34 heavy (non-hydrogen) atoms. The highest BCUT2D eigenvalue weighted by Crippen LogP contribution is 2.32. The molecule has 0 atom stereocenters. The zero-order valence-corrected chi connectivity index (χ0v) is 17.9. The molecule has 0 saturated carbocycles. The molecule has 0 unspecified atom stereocenters. The van der Waals surface area contributed by atoms with E-state index in [0.29, 0.717) is 29.4 Å². The summed E-state index contributed by atoms with van der Waals surface area (Å²) in [5.74, 6) is 0.465. The van der Waals surface area contributed by atoms with Crippen LogP contribution in [0.5, 0.6) is 11.5 Å². The summed E-state index contributed by atoms with van der Waals surface area (Å²) >= 11 is 0. The molecule has 0 bridgehead atoms.